The predicted octanol–water partition coefficient (Wildman–Crippen LogP) is -0.593. The molecule has 3 amide bonds. The number of β-lactam (4-membered cyclic amide) rings is 1. The molecule has 0 aliphatic carbocycles. The summed E-state index contributed by atoms with van der Waals surface area (Å²) in [4.78, 5) is 56.0. The summed E-state index contributed by atoms with van der Waals surface area (Å²) in [5.41, 5.74) is -0.400. The van der Waals surface area contributed by atoms with Crippen LogP contribution in [-0.2, 0) is 34.3 Å². The number of thioether (sulfide) groups is 1. The van der Waals surface area contributed by atoms with Crippen molar-refractivity contribution in [2.45, 2.75) is 18.3 Å². The van der Waals surface area contributed by atoms with Crippen molar-refractivity contribution in [1.82, 2.24) is 14.6 Å². The number of nitrogens with zero attached hydrogens (tertiary/aromatic N) is 3. The summed E-state index contributed by atoms with van der Waals surface area (Å²) in [5, 5.41) is 7.72. The fraction of sp³-hybridized carbons (Fsp3) is 0.385. The van der Waals surface area contributed by atoms with Crippen LogP contribution < -0.4 is 10.6 Å². The largest absolute Gasteiger partial charge is 0.398 e. The van der Waals surface area contributed by atoms with Crippen LogP contribution in [0.25, 0.3) is 0 Å². The van der Waals surface area contributed by atoms with Crippen molar-refractivity contribution in [3.63, 3.8) is 0 Å². The lowest BCUT2D eigenvalue weighted by molar-refractivity contribution is -0.141. The normalized spacial score (nSPS) is 19.1. The molecule has 30 heavy (non-hydrogen) atoms. The molecule has 1 aliphatic heterocycles. The van der Waals surface area contributed by atoms with E-state index in [9.17, 15) is 27.6 Å². The van der Waals surface area contributed by atoms with Gasteiger partial charge in [-0.05, 0) is 0 Å². The van der Waals surface area contributed by atoms with Gasteiger partial charge in [0.25, 0.3) is 11.8 Å². The van der Waals surface area contributed by atoms with E-state index in [1.165, 1.54) is 5.38 Å². The molecule has 164 valence electrons. The van der Waals surface area contributed by atoms with Crippen molar-refractivity contribution in [1.29, 1.82) is 0 Å². The first kappa shape index (κ1) is 24.0. The van der Waals surface area contributed by atoms with Gasteiger partial charge in [0, 0.05) is 12.3 Å². The second-order valence-electron chi connectivity index (χ2n) is 5.41. The lowest BCUT2D eigenvalue weighted by Crippen LogP contribution is -2.71. The van der Waals surface area contributed by atoms with Gasteiger partial charge in [0.15, 0.2) is 16.0 Å². The van der Waals surface area contributed by atoms with E-state index in [0.717, 1.165) is 25.4 Å². The molecule has 17 heteroatoms. The minimum absolute atomic E-state index is 0.0154. The van der Waals surface area contributed by atoms with Gasteiger partial charge in [-0.15, -0.1) is 22.9 Å². The number of aromatic nitrogens is 1. The molecule has 1 aromatic heterocycles. The van der Waals surface area contributed by atoms with E-state index in [0.29, 0.717) is 11.8 Å². The number of thiazole rings is 1. The summed E-state index contributed by atoms with van der Waals surface area (Å²) in [5.74, 6) is -2.95. The Balaban J connectivity index is 2.22. The number of carbonyl (C=O) groups excluding carboxylic acids is 4. The molecule has 0 radical (unpaired) electrons. The highest BCUT2D eigenvalue weighted by Gasteiger charge is 2.55. The molecule has 13 nitrogen and oxygen atoms in total. The zero-order valence-corrected chi connectivity index (χ0v) is 18.4. The van der Waals surface area contributed by atoms with Gasteiger partial charge in [-0.25, -0.2) is 4.98 Å². The first-order valence-corrected chi connectivity index (χ1v) is 11.4. The molecule has 0 bridgehead atoms. The summed E-state index contributed by atoms with van der Waals surface area (Å²) in [6.07, 6.45) is 0. The van der Waals surface area contributed by atoms with Crippen LogP contribution in [0.2, 0.25) is 0 Å². The number of oxime groups is 1. The number of hydrogen-bond donors (Lipinski definition) is 3. The monoisotopic (exact) mass is 499 g/mol. The average molecular weight is 500 g/mol. The third-order valence-electron chi connectivity index (χ3n) is 3.33. The van der Waals surface area contributed by atoms with Crippen molar-refractivity contribution in [3.05, 3.63) is 11.1 Å². The van der Waals surface area contributed by atoms with Crippen molar-refractivity contribution in [2.24, 2.45) is 5.16 Å². The molecule has 2 rings (SSSR count). The smallest absolute Gasteiger partial charge is 0.363 e. The first-order valence-electron chi connectivity index (χ1n) is 7.71. The topological polar surface area (TPSA) is 184 Å². The summed E-state index contributed by atoms with van der Waals surface area (Å²) >= 11 is 6.79. The van der Waals surface area contributed by atoms with E-state index in [4.69, 9.17) is 16.2 Å². The van der Waals surface area contributed by atoms with Crippen LogP contribution in [0, 0.1) is 0 Å². The van der Waals surface area contributed by atoms with Crippen LogP contribution in [0.15, 0.2) is 10.5 Å². The van der Waals surface area contributed by atoms with E-state index >= 15 is 0 Å². The fourth-order valence-electron chi connectivity index (χ4n) is 2.20. The third kappa shape index (κ3) is 5.45. The third-order valence-corrected chi connectivity index (χ3v) is 6.43. The van der Waals surface area contributed by atoms with Gasteiger partial charge in [0.1, 0.15) is 30.1 Å². The molecule has 3 N–H and O–H groups in total. The van der Waals surface area contributed by atoms with Gasteiger partial charge in [-0.2, -0.15) is 12.7 Å². The van der Waals surface area contributed by atoms with Crippen molar-refractivity contribution < 1.29 is 37.0 Å². The quantitative estimate of drug-likeness (QED) is 0.137. The first-order chi connectivity index (χ1) is 14.0. The maximum Gasteiger partial charge on any atom is 0.363 e. The molecular formula is C13H14ClN5O8S3. The summed E-state index contributed by atoms with van der Waals surface area (Å²) in [6.45, 7) is 1.12. The molecule has 1 aliphatic rings. The van der Waals surface area contributed by atoms with Crippen LogP contribution in [0.1, 0.15) is 12.6 Å². The zero-order chi connectivity index (χ0) is 22.6. The second kappa shape index (κ2) is 9.69. The van der Waals surface area contributed by atoms with E-state index in [2.05, 4.69) is 25.6 Å². The summed E-state index contributed by atoms with van der Waals surface area (Å²) < 4.78 is 31.9. The van der Waals surface area contributed by atoms with E-state index in [-0.39, 0.29) is 26.7 Å². The number of rotatable bonds is 8. The Hall–Kier alpha value is -2.27. The molecule has 0 saturated carbocycles. The maximum absolute atomic E-state index is 12.6. The number of carbonyl (C=O) groups is 4. The molecule has 0 unspecified atom stereocenters. The number of hydrogen-bond acceptors (Lipinski definition) is 11. The lowest BCUT2D eigenvalue weighted by atomic mass is 10.1. The Morgan fingerprint density at radius 3 is 2.67 bits per heavy atom. The van der Waals surface area contributed by atoms with Crippen molar-refractivity contribution >= 4 is 78.7 Å². The Bertz CT molecular complexity index is 1010. The van der Waals surface area contributed by atoms with Crippen LogP contribution in [0.5, 0.6) is 0 Å². The van der Waals surface area contributed by atoms with E-state index in [1.807, 2.05) is 0 Å². The SMILES string of the molecule is CO/N=C(\C(=O)N[C@@H]1C(=O)N(S(=O)(=O)O)[C@@H]1SC(C)=O)c1csc(NC(=O)CCl)n1. The Morgan fingerprint density at radius 1 is 1.47 bits per heavy atom. The molecular weight excluding hydrogens is 486 g/mol. The minimum atomic E-state index is -4.93. The fourth-order valence-corrected chi connectivity index (χ4v) is 5.02. The number of alkyl halides is 1. The molecule has 1 fully saturated rings. The molecule has 1 aromatic rings. The zero-order valence-electron chi connectivity index (χ0n) is 15.2. The summed E-state index contributed by atoms with van der Waals surface area (Å²) in [7, 11) is -3.78. The molecule has 0 spiro atoms. The molecule has 2 heterocycles. The van der Waals surface area contributed by atoms with Gasteiger partial charge >= 0.3 is 10.3 Å². The predicted molar refractivity (Wildman–Crippen MR) is 107 cm³/mol. The van der Waals surface area contributed by atoms with Crippen molar-refractivity contribution in [2.75, 3.05) is 18.3 Å². The number of halogens is 1. The van der Waals surface area contributed by atoms with Gasteiger partial charge in [0.2, 0.25) is 5.91 Å². The van der Waals surface area contributed by atoms with Gasteiger partial charge < -0.3 is 15.5 Å². The number of nitrogens with one attached hydrogen (secondary N) is 2. The highest BCUT2D eigenvalue weighted by molar-refractivity contribution is 8.14. The number of anilines is 1. The Kier molecular flexibility index (Phi) is 7.75. The van der Waals surface area contributed by atoms with Crippen LogP contribution in [-0.4, -0.2) is 75.2 Å². The average Bonchev–Trinajstić information content (AvgIpc) is 3.09. The van der Waals surface area contributed by atoms with Crippen LogP contribution in [0.4, 0.5) is 5.13 Å². The van der Waals surface area contributed by atoms with Crippen LogP contribution >= 0.6 is 34.7 Å². The van der Waals surface area contributed by atoms with Crippen molar-refractivity contribution in [3.8, 4) is 0 Å². The van der Waals surface area contributed by atoms with Gasteiger partial charge in [-0.1, -0.05) is 16.9 Å². The van der Waals surface area contributed by atoms with Gasteiger partial charge in [0.05, 0.1) is 0 Å². The molecule has 2 atom stereocenters. The molecule has 0 aromatic carbocycles. The standard InChI is InChI=1S/C13H14ClN5O8S3/c1-5(20)29-12-9(11(23)19(12)30(24,25)26)17-10(22)8(18-27-2)6-4-28-13(15-6)16-7(21)3-14/h4,9,12H,3H2,1-2H3,(H,17,22)(H,15,16,21)(H,24,25,26)/b18-8-/t9-,12-/m1/s1. The number of amides is 3. The highest BCUT2D eigenvalue weighted by Crippen LogP contribution is 2.32. The van der Waals surface area contributed by atoms with Gasteiger partial charge in [-0.3, -0.25) is 23.7 Å². The Morgan fingerprint density at radius 2 is 2.13 bits per heavy atom. The van der Waals surface area contributed by atoms with E-state index in [1.54, 1.807) is 0 Å². The second-order valence-corrected chi connectivity index (χ2v) is 9.11. The van der Waals surface area contributed by atoms with Crippen LogP contribution in [0.3, 0.4) is 0 Å². The minimum Gasteiger partial charge on any atom is -0.398 e. The lowest BCUT2D eigenvalue weighted by Gasteiger charge is -2.42. The maximum atomic E-state index is 12.6. The highest BCUT2D eigenvalue weighted by atomic mass is 35.5. The van der Waals surface area contributed by atoms with E-state index < -0.39 is 44.6 Å². The molecule has 1 saturated heterocycles. The summed E-state index contributed by atoms with van der Waals surface area (Å²) in [6, 6.07) is -1.44. The Labute approximate surface area is 183 Å².